The molecule has 3 aromatic rings. The first-order valence-corrected chi connectivity index (χ1v) is 6.88. The Morgan fingerprint density at radius 2 is 1.87 bits per heavy atom. The Balaban J connectivity index is 1.81. The number of benzene rings is 2. The topological polar surface area (TPSA) is 51.5 Å². The summed E-state index contributed by atoms with van der Waals surface area (Å²) in [5, 5.41) is 3.14. The summed E-state index contributed by atoms with van der Waals surface area (Å²) in [6.07, 6.45) is 0. The number of halogens is 2. The van der Waals surface area contributed by atoms with Gasteiger partial charge in [0.05, 0.1) is 7.11 Å². The zero-order valence-corrected chi connectivity index (χ0v) is 12.2. The third-order valence-corrected chi connectivity index (χ3v) is 3.44. The van der Waals surface area contributed by atoms with E-state index in [1.165, 1.54) is 13.2 Å². The molecule has 4 nitrogen and oxygen atoms in total. The van der Waals surface area contributed by atoms with E-state index < -0.39 is 17.5 Å². The van der Waals surface area contributed by atoms with Crippen molar-refractivity contribution < 1.29 is 22.7 Å². The van der Waals surface area contributed by atoms with E-state index in [0.29, 0.717) is 16.7 Å². The van der Waals surface area contributed by atoms with E-state index in [9.17, 15) is 13.6 Å². The van der Waals surface area contributed by atoms with Gasteiger partial charge in [0.2, 0.25) is 0 Å². The van der Waals surface area contributed by atoms with E-state index in [0.717, 1.165) is 12.1 Å². The molecule has 1 aromatic heterocycles. The van der Waals surface area contributed by atoms with Crippen LogP contribution in [0.15, 0.2) is 46.9 Å². The molecule has 0 saturated carbocycles. The summed E-state index contributed by atoms with van der Waals surface area (Å²) in [7, 11) is 1.50. The minimum absolute atomic E-state index is 0.0428. The highest BCUT2D eigenvalue weighted by molar-refractivity contribution is 5.97. The van der Waals surface area contributed by atoms with Crippen molar-refractivity contribution in [3.05, 3.63) is 65.4 Å². The molecule has 1 N–H and O–H groups in total. The maximum Gasteiger partial charge on any atom is 0.287 e. The molecule has 2 aromatic carbocycles. The second-order valence-corrected chi connectivity index (χ2v) is 4.87. The molecule has 0 atom stereocenters. The van der Waals surface area contributed by atoms with Crippen LogP contribution in [0.5, 0.6) is 5.75 Å². The molecule has 0 aliphatic carbocycles. The van der Waals surface area contributed by atoms with Crippen molar-refractivity contribution in [3.63, 3.8) is 0 Å². The lowest BCUT2D eigenvalue weighted by atomic mass is 10.2. The summed E-state index contributed by atoms with van der Waals surface area (Å²) in [5.74, 6) is -1.44. The number of methoxy groups -OCH3 is 1. The number of para-hydroxylation sites is 1. The first-order chi connectivity index (χ1) is 11.1. The van der Waals surface area contributed by atoms with Crippen LogP contribution in [0.4, 0.5) is 8.78 Å². The van der Waals surface area contributed by atoms with Crippen molar-refractivity contribution in [1.82, 2.24) is 5.32 Å². The van der Waals surface area contributed by atoms with Crippen LogP contribution in [0.2, 0.25) is 0 Å². The van der Waals surface area contributed by atoms with Gasteiger partial charge in [-0.2, -0.15) is 0 Å². The third kappa shape index (κ3) is 2.88. The summed E-state index contributed by atoms with van der Waals surface area (Å²) in [5.41, 5.74) is 0.242. The van der Waals surface area contributed by atoms with Crippen molar-refractivity contribution in [3.8, 4) is 5.75 Å². The summed E-state index contributed by atoms with van der Waals surface area (Å²) in [6.45, 7) is -0.272. The fraction of sp³-hybridized carbons (Fsp3) is 0.118. The molecule has 0 aliphatic heterocycles. The molecule has 6 heteroatoms. The van der Waals surface area contributed by atoms with E-state index in [2.05, 4.69) is 5.32 Å². The zero-order chi connectivity index (χ0) is 16.4. The molecule has 0 bridgehead atoms. The number of ether oxygens (including phenoxy) is 1. The van der Waals surface area contributed by atoms with E-state index in [1.807, 2.05) is 0 Å². The monoisotopic (exact) mass is 317 g/mol. The molecular weight excluding hydrogens is 304 g/mol. The number of hydrogen-bond acceptors (Lipinski definition) is 3. The van der Waals surface area contributed by atoms with Gasteiger partial charge < -0.3 is 14.5 Å². The predicted octanol–water partition coefficient (Wildman–Crippen LogP) is 3.65. The average Bonchev–Trinajstić information content (AvgIpc) is 2.98. The van der Waals surface area contributed by atoms with E-state index in [1.54, 1.807) is 24.3 Å². The summed E-state index contributed by atoms with van der Waals surface area (Å²) < 4.78 is 37.7. The van der Waals surface area contributed by atoms with Crippen LogP contribution < -0.4 is 10.1 Å². The highest BCUT2D eigenvalue weighted by atomic mass is 19.1. The summed E-state index contributed by atoms with van der Waals surface area (Å²) >= 11 is 0. The Bertz CT molecular complexity index is 853. The van der Waals surface area contributed by atoms with Gasteiger partial charge in [-0.05, 0) is 24.3 Å². The van der Waals surface area contributed by atoms with Crippen molar-refractivity contribution in [1.29, 1.82) is 0 Å². The molecule has 23 heavy (non-hydrogen) atoms. The maximum absolute atomic E-state index is 13.5. The van der Waals surface area contributed by atoms with Gasteiger partial charge in [-0.1, -0.05) is 18.2 Å². The van der Waals surface area contributed by atoms with Crippen LogP contribution in [0, 0.1) is 11.6 Å². The molecule has 1 amide bonds. The Morgan fingerprint density at radius 3 is 2.57 bits per heavy atom. The van der Waals surface area contributed by atoms with Gasteiger partial charge in [0.25, 0.3) is 5.91 Å². The van der Waals surface area contributed by atoms with Crippen molar-refractivity contribution in [2.45, 2.75) is 6.54 Å². The number of fused-ring (bicyclic) bond motifs is 1. The zero-order valence-electron chi connectivity index (χ0n) is 12.2. The Labute approximate surface area is 130 Å². The van der Waals surface area contributed by atoms with Gasteiger partial charge in [-0.15, -0.1) is 0 Å². The second-order valence-electron chi connectivity index (χ2n) is 4.87. The molecule has 0 unspecified atom stereocenters. The Hall–Kier alpha value is -2.89. The average molecular weight is 317 g/mol. The quantitative estimate of drug-likeness (QED) is 0.799. The van der Waals surface area contributed by atoms with Gasteiger partial charge in [-0.3, -0.25) is 4.79 Å². The van der Waals surface area contributed by atoms with Gasteiger partial charge in [0, 0.05) is 17.5 Å². The minimum atomic E-state index is -0.712. The first kappa shape index (κ1) is 15.0. The maximum atomic E-state index is 13.5. The number of rotatable bonds is 4. The van der Waals surface area contributed by atoms with Crippen LogP contribution in [-0.2, 0) is 6.54 Å². The Kier molecular flexibility index (Phi) is 3.97. The van der Waals surface area contributed by atoms with Crippen LogP contribution >= 0.6 is 0 Å². The fourth-order valence-corrected chi connectivity index (χ4v) is 2.27. The third-order valence-electron chi connectivity index (χ3n) is 3.44. The van der Waals surface area contributed by atoms with Gasteiger partial charge >= 0.3 is 0 Å². The lowest BCUT2D eigenvalue weighted by Crippen LogP contribution is -2.23. The molecule has 3 rings (SSSR count). The van der Waals surface area contributed by atoms with E-state index in [-0.39, 0.29) is 17.9 Å². The number of carbonyl (C=O) groups is 1. The Morgan fingerprint density at radius 1 is 1.17 bits per heavy atom. The molecule has 118 valence electrons. The molecule has 1 heterocycles. The summed E-state index contributed by atoms with van der Waals surface area (Å²) in [6, 6.07) is 10.3. The van der Waals surface area contributed by atoms with Crippen molar-refractivity contribution in [2.24, 2.45) is 0 Å². The molecule has 0 saturated heterocycles. The number of amides is 1. The van der Waals surface area contributed by atoms with Gasteiger partial charge in [-0.25, -0.2) is 8.78 Å². The van der Waals surface area contributed by atoms with Crippen molar-refractivity contribution >= 4 is 16.9 Å². The molecule has 0 radical (unpaired) electrons. The summed E-state index contributed by atoms with van der Waals surface area (Å²) in [4.78, 5) is 12.1. The van der Waals surface area contributed by atoms with Gasteiger partial charge in [0.1, 0.15) is 11.6 Å². The second kappa shape index (κ2) is 6.08. The van der Waals surface area contributed by atoms with Crippen LogP contribution in [-0.4, -0.2) is 13.0 Å². The highest BCUT2D eigenvalue weighted by Gasteiger charge is 2.16. The predicted molar refractivity (Wildman–Crippen MR) is 80.3 cm³/mol. The van der Waals surface area contributed by atoms with Crippen LogP contribution in [0.25, 0.3) is 11.0 Å². The van der Waals surface area contributed by atoms with E-state index in [4.69, 9.17) is 9.15 Å². The number of furan rings is 1. The normalized spacial score (nSPS) is 10.7. The number of carbonyl (C=O) groups excluding carboxylic acids is 1. The lowest BCUT2D eigenvalue weighted by Gasteiger charge is -2.05. The van der Waals surface area contributed by atoms with E-state index >= 15 is 0 Å². The first-order valence-electron chi connectivity index (χ1n) is 6.88. The number of hydrogen-bond donors (Lipinski definition) is 1. The largest absolute Gasteiger partial charge is 0.493 e. The molecule has 0 fully saturated rings. The SMILES string of the molecule is COc1cccc2cc(C(=O)NCc3c(F)cccc3F)oc12. The van der Waals surface area contributed by atoms with Crippen LogP contribution in [0.3, 0.4) is 0 Å². The molecule has 0 aliphatic rings. The fourth-order valence-electron chi connectivity index (χ4n) is 2.27. The number of nitrogens with one attached hydrogen (secondary N) is 1. The lowest BCUT2D eigenvalue weighted by molar-refractivity contribution is 0.0924. The molecular formula is C17H13F2NO3. The smallest absolute Gasteiger partial charge is 0.287 e. The highest BCUT2D eigenvalue weighted by Crippen LogP contribution is 2.28. The van der Waals surface area contributed by atoms with Gasteiger partial charge in [0.15, 0.2) is 17.1 Å². The molecule has 0 spiro atoms. The minimum Gasteiger partial charge on any atom is -0.493 e. The standard InChI is InChI=1S/C17H13F2NO3/c1-22-14-7-2-4-10-8-15(23-16(10)14)17(21)20-9-11-12(18)5-3-6-13(11)19/h2-8H,9H2,1H3,(H,20,21). The van der Waals surface area contributed by atoms with Crippen LogP contribution in [0.1, 0.15) is 16.1 Å². The van der Waals surface area contributed by atoms with Crippen molar-refractivity contribution in [2.75, 3.05) is 7.11 Å².